The molecule has 2 saturated heterocycles. The quantitative estimate of drug-likeness (QED) is 0.480. The van der Waals surface area contributed by atoms with Crippen molar-refractivity contribution >= 4 is 14.5 Å². The lowest BCUT2D eigenvalue weighted by Crippen LogP contribution is -2.62. The van der Waals surface area contributed by atoms with Gasteiger partial charge in [0.05, 0.1) is 6.61 Å². The summed E-state index contributed by atoms with van der Waals surface area (Å²) in [5.74, 6) is 0. The minimum absolute atomic E-state index is 0.207. The van der Waals surface area contributed by atoms with E-state index in [0.29, 0.717) is 8.20 Å². The highest BCUT2D eigenvalue weighted by Gasteiger charge is 2.47. The molecule has 2 aliphatic heterocycles. The molecule has 0 saturated carbocycles. The Morgan fingerprint density at radius 2 is 1.87 bits per heavy atom. The van der Waals surface area contributed by atoms with Crippen molar-refractivity contribution in [1.29, 1.82) is 0 Å². The van der Waals surface area contributed by atoms with E-state index in [-0.39, 0.29) is 6.61 Å². The van der Waals surface area contributed by atoms with Crippen LogP contribution >= 0.6 is 8.20 Å². The summed E-state index contributed by atoms with van der Waals surface area (Å²) in [4.78, 5) is 0. The molecule has 2 rings (SSSR count). The van der Waals surface area contributed by atoms with Gasteiger partial charge in [0.15, 0.2) is 12.3 Å². The Kier molecular flexibility index (Phi) is 3.37. The van der Waals surface area contributed by atoms with Crippen LogP contribution in [0.4, 0.5) is 0 Å². The first-order chi connectivity index (χ1) is 7.13. The lowest BCUT2D eigenvalue weighted by atomic mass is 9.99. The predicted molar refractivity (Wildman–Crippen MR) is 51.5 cm³/mol. The SMILES string of the molecule is C=PC1OCC2OC(O)C(O)C(O)C2O1. The number of hydrogen-bond donors (Lipinski definition) is 3. The second-order valence-corrected chi connectivity index (χ2v) is 4.26. The molecule has 0 aromatic heterocycles. The highest BCUT2D eigenvalue weighted by molar-refractivity contribution is 7.36. The van der Waals surface area contributed by atoms with E-state index in [0.717, 1.165) is 0 Å². The molecule has 0 aromatic carbocycles. The van der Waals surface area contributed by atoms with Crippen molar-refractivity contribution in [2.24, 2.45) is 0 Å². The van der Waals surface area contributed by atoms with Crippen molar-refractivity contribution in [3.05, 3.63) is 0 Å². The Morgan fingerprint density at radius 1 is 1.13 bits per heavy atom. The van der Waals surface area contributed by atoms with Crippen molar-refractivity contribution in [3.8, 4) is 0 Å². The third kappa shape index (κ3) is 2.07. The summed E-state index contributed by atoms with van der Waals surface area (Å²) in [5, 5.41) is 28.3. The minimum atomic E-state index is -1.40. The van der Waals surface area contributed by atoms with Crippen LogP contribution in [0.3, 0.4) is 0 Å². The monoisotopic (exact) mass is 236 g/mol. The fraction of sp³-hybridized carbons (Fsp3) is 0.875. The summed E-state index contributed by atoms with van der Waals surface area (Å²) in [6.45, 7) is 0.207. The van der Waals surface area contributed by atoms with Crippen molar-refractivity contribution in [2.45, 2.75) is 36.7 Å². The third-order valence-electron chi connectivity index (χ3n) is 2.49. The number of hydrogen-bond acceptors (Lipinski definition) is 6. The molecule has 15 heavy (non-hydrogen) atoms. The summed E-state index contributed by atoms with van der Waals surface area (Å²) in [7, 11) is 0.641. The first kappa shape index (κ1) is 11.4. The van der Waals surface area contributed by atoms with Crippen LogP contribution < -0.4 is 0 Å². The summed E-state index contributed by atoms with van der Waals surface area (Å²) < 4.78 is 15.6. The average Bonchev–Trinajstić information content (AvgIpc) is 2.26. The first-order valence-corrected chi connectivity index (χ1v) is 5.71. The second-order valence-electron chi connectivity index (χ2n) is 3.47. The Hall–Kier alpha value is -0.0700. The minimum Gasteiger partial charge on any atom is -0.387 e. The summed E-state index contributed by atoms with van der Waals surface area (Å²) in [5.41, 5.74) is 0. The van der Waals surface area contributed by atoms with Crippen LogP contribution in [0.2, 0.25) is 0 Å². The van der Waals surface area contributed by atoms with Gasteiger partial charge >= 0.3 is 0 Å². The zero-order valence-corrected chi connectivity index (χ0v) is 8.79. The van der Waals surface area contributed by atoms with E-state index >= 15 is 0 Å². The molecule has 0 spiro atoms. The Bertz CT molecular complexity index is 247. The van der Waals surface area contributed by atoms with E-state index in [4.69, 9.17) is 14.2 Å². The Labute approximate surface area is 88.2 Å². The molecule has 0 bridgehead atoms. The molecule has 2 aliphatic rings. The largest absolute Gasteiger partial charge is 0.387 e. The topological polar surface area (TPSA) is 88.4 Å². The van der Waals surface area contributed by atoms with Crippen LogP contribution in [-0.2, 0) is 14.2 Å². The van der Waals surface area contributed by atoms with Crippen molar-refractivity contribution in [1.82, 2.24) is 0 Å². The fourth-order valence-electron chi connectivity index (χ4n) is 1.67. The molecule has 2 fully saturated rings. The van der Waals surface area contributed by atoms with Gasteiger partial charge in [-0.3, -0.25) is 0 Å². The zero-order chi connectivity index (χ0) is 11.0. The number of aliphatic hydroxyl groups is 3. The van der Waals surface area contributed by atoms with E-state index in [2.05, 4.69) is 6.30 Å². The average molecular weight is 236 g/mol. The molecule has 0 aliphatic carbocycles. The van der Waals surface area contributed by atoms with Crippen LogP contribution in [0.1, 0.15) is 0 Å². The zero-order valence-electron chi connectivity index (χ0n) is 7.89. The first-order valence-electron chi connectivity index (χ1n) is 4.56. The molecule has 0 amide bonds. The third-order valence-corrected chi connectivity index (χ3v) is 3.05. The van der Waals surface area contributed by atoms with Crippen molar-refractivity contribution in [2.75, 3.05) is 6.61 Å². The fourth-order valence-corrected chi connectivity index (χ4v) is 2.09. The second kappa shape index (κ2) is 4.43. The maximum Gasteiger partial charge on any atom is 0.200 e. The van der Waals surface area contributed by atoms with Crippen LogP contribution in [-0.4, -0.2) is 65.0 Å². The summed E-state index contributed by atoms with van der Waals surface area (Å²) in [6.07, 6.45) is -1.58. The number of rotatable bonds is 1. The van der Waals surface area contributed by atoms with E-state index in [1.165, 1.54) is 0 Å². The van der Waals surface area contributed by atoms with Crippen molar-refractivity contribution < 1.29 is 29.5 Å². The number of fused-ring (bicyclic) bond motifs is 1. The highest BCUT2D eigenvalue weighted by atomic mass is 31.1. The maximum atomic E-state index is 9.66. The summed E-state index contributed by atoms with van der Waals surface area (Å²) in [6, 6.07) is -0.521. The van der Waals surface area contributed by atoms with E-state index in [9.17, 15) is 15.3 Å². The van der Waals surface area contributed by atoms with E-state index < -0.39 is 36.7 Å². The van der Waals surface area contributed by atoms with Gasteiger partial charge in [0.1, 0.15) is 24.4 Å². The molecule has 0 aromatic rings. The maximum absolute atomic E-state index is 9.66. The molecule has 3 N–H and O–H groups in total. The van der Waals surface area contributed by atoms with Gasteiger partial charge in [-0.05, 0) is 8.20 Å². The summed E-state index contributed by atoms with van der Waals surface area (Å²) >= 11 is 0. The molecular weight excluding hydrogens is 223 g/mol. The smallest absolute Gasteiger partial charge is 0.200 e. The van der Waals surface area contributed by atoms with Gasteiger partial charge in [-0.25, -0.2) is 0 Å². The van der Waals surface area contributed by atoms with Gasteiger partial charge in [0.25, 0.3) is 0 Å². The molecule has 86 valence electrons. The van der Waals surface area contributed by atoms with Crippen LogP contribution in [0.5, 0.6) is 0 Å². The van der Waals surface area contributed by atoms with Gasteiger partial charge < -0.3 is 29.5 Å². The van der Waals surface area contributed by atoms with Crippen molar-refractivity contribution in [3.63, 3.8) is 0 Å². The highest BCUT2D eigenvalue weighted by Crippen LogP contribution is 2.30. The molecule has 6 nitrogen and oxygen atoms in total. The molecule has 7 heteroatoms. The standard InChI is InChI=1S/C8H13O6P/c1-15-8-12-2-3-6(14-8)4(9)5(10)7(11)13-3/h3-11H,1-2H2. The molecule has 6 atom stereocenters. The lowest BCUT2D eigenvalue weighted by Gasteiger charge is -2.44. The Morgan fingerprint density at radius 3 is 2.53 bits per heavy atom. The number of aliphatic hydroxyl groups excluding tert-OH is 3. The lowest BCUT2D eigenvalue weighted by molar-refractivity contribution is -0.337. The van der Waals surface area contributed by atoms with Crippen LogP contribution in [0, 0.1) is 0 Å². The van der Waals surface area contributed by atoms with Gasteiger partial charge in [-0.2, -0.15) is 0 Å². The predicted octanol–water partition coefficient (Wildman–Crippen LogP) is -1.50. The normalized spacial score (nSPS) is 51.4. The van der Waals surface area contributed by atoms with Gasteiger partial charge in [-0.15, -0.1) is 0 Å². The van der Waals surface area contributed by atoms with Crippen LogP contribution in [0.25, 0.3) is 0 Å². The molecular formula is C8H13O6P. The Balaban J connectivity index is 2.08. The molecule has 6 unspecified atom stereocenters. The van der Waals surface area contributed by atoms with E-state index in [1.54, 1.807) is 0 Å². The number of ether oxygens (including phenoxy) is 3. The molecule has 0 radical (unpaired) electrons. The van der Waals surface area contributed by atoms with Gasteiger partial charge in [-0.1, -0.05) is 6.30 Å². The van der Waals surface area contributed by atoms with E-state index in [1.807, 2.05) is 0 Å². The van der Waals surface area contributed by atoms with Gasteiger partial charge in [0.2, 0.25) is 0 Å². The van der Waals surface area contributed by atoms with Crippen LogP contribution in [0.15, 0.2) is 0 Å². The molecule has 2 heterocycles. The van der Waals surface area contributed by atoms with Gasteiger partial charge in [0, 0.05) is 0 Å².